The number of halogens is 1. The molecule has 16 heavy (non-hydrogen) atoms. The van der Waals surface area contributed by atoms with Gasteiger partial charge in [0, 0.05) is 6.54 Å². The summed E-state index contributed by atoms with van der Waals surface area (Å²) in [5, 5.41) is 7.96. The van der Waals surface area contributed by atoms with Gasteiger partial charge in [-0.25, -0.2) is 4.98 Å². The van der Waals surface area contributed by atoms with Crippen molar-refractivity contribution in [2.24, 2.45) is 0 Å². The van der Waals surface area contributed by atoms with Gasteiger partial charge in [0.15, 0.2) is 0 Å². The van der Waals surface area contributed by atoms with Gasteiger partial charge in [0.25, 0.3) is 0 Å². The van der Waals surface area contributed by atoms with E-state index in [1.807, 2.05) is 0 Å². The van der Waals surface area contributed by atoms with Crippen molar-refractivity contribution >= 4 is 34.4 Å². The Morgan fingerprint density at radius 2 is 2.38 bits per heavy atom. The first-order valence-corrected chi connectivity index (χ1v) is 6.24. The molecule has 3 N–H and O–H groups in total. The third kappa shape index (κ3) is 2.87. The molecule has 0 atom stereocenters. The number of hydrogen-bond acceptors (Lipinski definition) is 4. The van der Waals surface area contributed by atoms with E-state index >= 15 is 0 Å². The van der Waals surface area contributed by atoms with Crippen LogP contribution in [0.25, 0.3) is 0 Å². The van der Waals surface area contributed by atoms with Crippen LogP contribution in [0.2, 0.25) is 5.02 Å². The molecule has 84 valence electrons. The molecule has 0 aliphatic heterocycles. The molecule has 2 rings (SSSR count). The highest BCUT2D eigenvalue weighted by Crippen LogP contribution is 2.20. The van der Waals surface area contributed by atoms with Crippen molar-refractivity contribution in [3.63, 3.8) is 0 Å². The predicted molar refractivity (Wildman–Crippen MR) is 70.2 cm³/mol. The van der Waals surface area contributed by atoms with Gasteiger partial charge in [0.1, 0.15) is 5.82 Å². The molecule has 0 radical (unpaired) electrons. The normalized spacial score (nSPS) is 10.3. The Morgan fingerprint density at radius 1 is 1.50 bits per heavy atom. The smallest absolute Gasteiger partial charge is 0.144 e. The van der Waals surface area contributed by atoms with Crippen LogP contribution in [-0.2, 0) is 6.42 Å². The summed E-state index contributed by atoms with van der Waals surface area (Å²) >= 11 is 7.69. The number of anilines is 2. The van der Waals surface area contributed by atoms with Crippen LogP contribution in [-0.4, -0.2) is 11.5 Å². The zero-order valence-electron chi connectivity index (χ0n) is 8.61. The number of nitrogens with zero attached hydrogens (tertiary/aromatic N) is 1. The summed E-state index contributed by atoms with van der Waals surface area (Å²) in [6.07, 6.45) is 2.56. The standard InChI is InChI=1S/C11H12ClN3S/c12-10-5-9(13)6-15-11(10)14-3-1-8-2-4-16-7-8/h2,4-7H,1,3,13H2,(H,14,15). The summed E-state index contributed by atoms with van der Waals surface area (Å²) in [4.78, 5) is 4.13. The highest BCUT2D eigenvalue weighted by molar-refractivity contribution is 7.07. The Bertz CT molecular complexity index is 456. The fourth-order valence-corrected chi connectivity index (χ4v) is 2.29. The van der Waals surface area contributed by atoms with E-state index in [0.29, 0.717) is 16.5 Å². The van der Waals surface area contributed by atoms with Crippen LogP contribution in [0.5, 0.6) is 0 Å². The van der Waals surface area contributed by atoms with E-state index in [1.165, 1.54) is 5.56 Å². The molecule has 0 aliphatic rings. The van der Waals surface area contributed by atoms with E-state index in [0.717, 1.165) is 13.0 Å². The number of nitrogens with two attached hydrogens (primary N) is 1. The molecule has 0 amide bonds. The number of pyridine rings is 1. The minimum atomic E-state index is 0.560. The summed E-state index contributed by atoms with van der Waals surface area (Å²) in [6.45, 7) is 0.813. The fraction of sp³-hybridized carbons (Fsp3) is 0.182. The molecule has 0 aromatic carbocycles. The Kier molecular flexibility index (Phi) is 3.64. The van der Waals surface area contributed by atoms with Crippen molar-refractivity contribution in [3.8, 4) is 0 Å². The van der Waals surface area contributed by atoms with Gasteiger partial charge in [-0.15, -0.1) is 0 Å². The minimum absolute atomic E-state index is 0.560. The largest absolute Gasteiger partial charge is 0.397 e. The number of rotatable bonds is 4. The van der Waals surface area contributed by atoms with Crippen molar-refractivity contribution < 1.29 is 0 Å². The maximum Gasteiger partial charge on any atom is 0.144 e. The molecule has 5 heteroatoms. The highest BCUT2D eigenvalue weighted by Gasteiger charge is 2.01. The highest BCUT2D eigenvalue weighted by atomic mass is 35.5. The van der Waals surface area contributed by atoms with E-state index in [9.17, 15) is 0 Å². The maximum absolute atomic E-state index is 5.99. The molecule has 2 heterocycles. The van der Waals surface area contributed by atoms with Crippen molar-refractivity contribution in [1.82, 2.24) is 4.98 Å². The lowest BCUT2D eigenvalue weighted by Crippen LogP contribution is -2.06. The van der Waals surface area contributed by atoms with E-state index in [2.05, 4.69) is 27.1 Å². The van der Waals surface area contributed by atoms with Crippen LogP contribution in [0.4, 0.5) is 11.5 Å². The molecule has 2 aromatic heterocycles. The van der Waals surface area contributed by atoms with Gasteiger partial charge in [-0.3, -0.25) is 0 Å². The average Bonchev–Trinajstić information content (AvgIpc) is 2.74. The zero-order chi connectivity index (χ0) is 11.4. The van der Waals surface area contributed by atoms with Gasteiger partial charge in [-0.1, -0.05) is 11.6 Å². The van der Waals surface area contributed by atoms with Gasteiger partial charge < -0.3 is 11.1 Å². The van der Waals surface area contributed by atoms with Crippen LogP contribution in [0.15, 0.2) is 29.1 Å². The van der Waals surface area contributed by atoms with E-state index in [-0.39, 0.29) is 0 Å². The van der Waals surface area contributed by atoms with Crippen molar-refractivity contribution in [2.45, 2.75) is 6.42 Å². The van der Waals surface area contributed by atoms with Crippen LogP contribution in [0.3, 0.4) is 0 Å². The SMILES string of the molecule is Nc1cnc(NCCc2ccsc2)c(Cl)c1. The first-order valence-electron chi connectivity index (χ1n) is 4.91. The van der Waals surface area contributed by atoms with Crippen LogP contribution in [0, 0.1) is 0 Å². The number of nitrogens with one attached hydrogen (secondary N) is 1. The Morgan fingerprint density at radius 3 is 3.06 bits per heavy atom. The first-order chi connectivity index (χ1) is 7.75. The Hall–Kier alpha value is -1.26. The topological polar surface area (TPSA) is 50.9 Å². The lowest BCUT2D eigenvalue weighted by molar-refractivity contribution is 1.01. The molecule has 0 unspecified atom stereocenters. The molecule has 0 saturated heterocycles. The zero-order valence-corrected chi connectivity index (χ0v) is 10.2. The molecule has 0 saturated carbocycles. The second kappa shape index (κ2) is 5.18. The Balaban J connectivity index is 1.90. The predicted octanol–water partition coefficient (Wildman–Crippen LogP) is 3.03. The third-order valence-corrected chi connectivity index (χ3v) is 3.17. The second-order valence-corrected chi connectivity index (χ2v) is 4.59. The molecule has 2 aromatic rings. The van der Waals surface area contributed by atoms with Gasteiger partial charge >= 0.3 is 0 Å². The molecule has 0 spiro atoms. The molecule has 0 aliphatic carbocycles. The summed E-state index contributed by atoms with van der Waals surface area (Å²) in [5.41, 5.74) is 7.46. The first kappa shape index (κ1) is 11.2. The molecular weight excluding hydrogens is 242 g/mol. The molecule has 0 bridgehead atoms. The number of nitrogen functional groups attached to an aromatic ring is 1. The monoisotopic (exact) mass is 253 g/mol. The minimum Gasteiger partial charge on any atom is -0.397 e. The molecule has 3 nitrogen and oxygen atoms in total. The lowest BCUT2D eigenvalue weighted by atomic mass is 10.2. The van der Waals surface area contributed by atoms with Gasteiger partial charge in [0.2, 0.25) is 0 Å². The van der Waals surface area contributed by atoms with E-state index in [4.69, 9.17) is 17.3 Å². The summed E-state index contributed by atoms with van der Waals surface area (Å²) in [5.74, 6) is 0.686. The van der Waals surface area contributed by atoms with Crippen molar-refractivity contribution in [2.75, 3.05) is 17.6 Å². The van der Waals surface area contributed by atoms with Crippen molar-refractivity contribution in [3.05, 3.63) is 39.7 Å². The average molecular weight is 254 g/mol. The number of aromatic nitrogens is 1. The van der Waals surface area contributed by atoms with Crippen LogP contribution >= 0.6 is 22.9 Å². The van der Waals surface area contributed by atoms with Crippen molar-refractivity contribution in [1.29, 1.82) is 0 Å². The number of hydrogen-bond donors (Lipinski definition) is 2. The van der Waals surface area contributed by atoms with Crippen LogP contribution < -0.4 is 11.1 Å². The van der Waals surface area contributed by atoms with Crippen LogP contribution in [0.1, 0.15) is 5.56 Å². The van der Waals surface area contributed by atoms with E-state index in [1.54, 1.807) is 23.6 Å². The number of thiophene rings is 1. The summed E-state index contributed by atoms with van der Waals surface area (Å²) < 4.78 is 0. The van der Waals surface area contributed by atoms with E-state index < -0.39 is 0 Å². The summed E-state index contributed by atoms with van der Waals surface area (Å²) in [7, 11) is 0. The second-order valence-electron chi connectivity index (χ2n) is 3.41. The molecule has 0 fully saturated rings. The maximum atomic E-state index is 5.99. The molecular formula is C11H12ClN3S. The Labute approximate surface area is 103 Å². The van der Waals surface area contributed by atoms with Gasteiger partial charge in [-0.05, 0) is 34.9 Å². The quantitative estimate of drug-likeness (QED) is 0.881. The third-order valence-electron chi connectivity index (χ3n) is 2.15. The summed E-state index contributed by atoms with van der Waals surface area (Å²) in [6, 6.07) is 3.81. The van der Waals surface area contributed by atoms with Gasteiger partial charge in [-0.2, -0.15) is 11.3 Å². The lowest BCUT2D eigenvalue weighted by Gasteiger charge is -2.06. The van der Waals surface area contributed by atoms with Gasteiger partial charge in [0.05, 0.1) is 16.9 Å². The fourth-order valence-electron chi connectivity index (χ4n) is 1.34.